The molecular weight excluding hydrogens is 324 g/mol. The molecule has 0 atom stereocenters. The van der Waals surface area contributed by atoms with E-state index in [1.807, 2.05) is 4.90 Å². The van der Waals surface area contributed by atoms with Gasteiger partial charge in [-0.05, 0) is 56.4 Å². The summed E-state index contributed by atoms with van der Waals surface area (Å²) in [5.74, 6) is -0.996. The van der Waals surface area contributed by atoms with E-state index in [2.05, 4.69) is 5.32 Å². The Morgan fingerprint density at radius 2 is 1.72 bits per heavy atom. The predicted octanol–water partition coefficient (Wildman–Crippen LogP) is 1.51. The molecule has 0 aromatic heterocycles. The second-order valence-corrected chi connectivity index (χ2v) is 6.25. The first-order valence-electron chi connectivity index (χ1n) is 8.40. The van der Waals surface area contributed by atoms with Crippen molar-refractivity contribution >= 4 is 17.8 Å². The Balaban J connectivity index is 2.00. The first kappa shape index (κ1) is 18.8. The van der Waals surface area contributed by atoms with Gasteiger partial charge in [0.25, 0.3) is 11.8 Å². The SMILES string of the molecule is Cc1cc(C(=O)NCC(=O)O)cc(C)c1OCC(=O)N1CCCCC1. The van der Waals surface area contributed by atoms with Gasteiger partial charge in [0.1, 0.15) is 12.3 Å². The van der Waals surface area contributed by atoms with Crippen molar-refractivity contribution in [2.45, 2.75) is 33.1 Å². The number of carbonyl (C=O) groups excluding carboxylic acids is 2. The number of benzene rings is 1. The summed E-state index contributed by atoms with van der Waals surface area (Å²) in [4.78, 5) is 36.5. The molecule has 7 heteroatoms. The molecule has 25 heavy (non-hydrogen) atoms. The highest BCUT2D eigenvalue weighted by molar-refractivity contribution is 5.96. The van der Waals surface area contributed by atoms with Crippen LogP contribution in [0.4, 0.5) is 0 Å². The van der Waals surface area contributed by atoms with E-state index in [1.54, 1.807) is 26.0 Å². The Hall–Kier alpha value is -2.57. The summed E-state index contributed by atoms with van der Waals surface area (Å²) in [5.41, 5.74) is 1.82. The molecule has 0 aliphatic carbocycles. The molecule has 0 unspecified atom stereocenters. The number of nitrogens with one attached hydrogen (secondary N) is 1. The summed E-state index contributed by atoms with van der Waals surface area (Å²) in [6.45, 7) is 4.70. The zero-order valence-electron chi connectivity index (χ0n) is 14.6. The molecule has 1 heterocycles. The largest absolute Gasteiger partial charge is 0.483 e. The van der Waals surface area contributed by atoms with Crippen LogP contribution in [0.1, 0.15) is 40.7 Å². The van der Waals surface area contributed by atoms with Gasteiger partial charge in [-0.15, -0.1) is 0 Å². The third kappa shape index (κ3) is 5.20. The van der Waals surface area contributed by atoms with Gasteiger partial charge < -0.3 is 20.1 Å². The molecular formula is C18H24N2O5. The summed E-state index contributed by atoms with van der Waals surface area (Å²) in [7, 11) is 0. The second kappa shape index (κ2) is 8.50. The van der Waals surface area contributed by atoms with Crippen LogP contribution in [-0.4, -0.2) is 54.0 Å². The average molecular weight is 348 g/mol. The number of carboxylic acid groups (broad SMARTS) is 1. The molecule has 1 aromatic rings. The van der Waals surface area contributed by atoms with Gasteiger partial charge in [0.05, 0.1) is 0 Å². The molecule has 0 saturated carbocycles. The zero-order chi connectivity index (χ0) is 18.4. The zero-order valence-corrected chi connectivity index (χ0v) is 14.6. The van der Waals surface area contributed by atoms with Crippen molar-refractivity contribution in [3.05, 3.63) is 28.8 Å². The lowest BCUT2D eigenvalue weighted by molar-refractivity contribution is -0.136. The standard InChI is InChI=1S/C18H24N2O5/c1-12-8-14(18(24)19-10-16(22)23)9-13(2)17(12)25-11-15(21)20-6-4-3-5-7-20/h8-9H,3-7,10-11H2,1-2H3,(H,19,24)(H,22,23). The number of ether oxygens (including phenoxy) is 1. The monoisotopic (exact) mass is 348 g/mol. The first-order chi connectivity index (χ1) is 11.9. The maximum Gasteiger partial charge on any atom is 0.322 e. The smallest absolute Gasteiger partial charge is 0.322 e. The van der Waals surface area contributed by atoms with E-state index in [1.165, 1.54) is 0 Å². The summed E-state index contributed by atoms with van der Waals surface area (Å²) in [5, 5.41) is 10.9. The van der Waals surface area contributed by atoms with Gasteiger partial charge >= 0.3 is 5.97 Å². The predicted molar refractivity (Wildman–Crippen MR) is 91.8 cm³/mol. The minimum Gasteiger partial charge on any atom is -0.483 e. The van der Waals surface area contributed by atoms with Crippen LogP contribution in [0.2, 0.25) is 0 Å². The Labute approximate surface area is 147 Å². The molecule has 2 rings (SSSR count). The van der Waals surface area contributed by atoms with Gasteiger partial charge in [-0.2, -0.15) is 0 Å². The van der Waals surface area contributed by atoms with Crippen molar-refractivity contribution in [3.63, 3.8) is 0 Å². The van der Waals surface area contributed by atoms with Crippen molar-refractivity contribution in [1.29, 1.82) is 0 Å². The lowest BCUT2D eigenvalue weighted by atomic mass is 10.1. The van der Waals surface area contributed by atoms with Crippen LogP contribution in [0.3, 0.4) is 0 Å². The number of piperidine rings is 1. The first-order valence-corrected chi connectivity index (χ1v) is 8.40. The van der Waals surface area contributed by atoms with Crippen molar-refractivity contribution in [3.8, 4) is 5.75 Å². The number of aryl methyl sites for hydroxylation is 2. The summed E-state index contributed by atoms with van der Waals surface area (Å²) < 4.78 is 5.70. The fourth-order valence-corrected chi connectivity index (χ4v) is 2.94. The van der Waals surface area contributed by atoms with Crippen molar-refractivity contribution in [1.82, 2.24) is 10.2 Å². The van der Waals surface area contributed by atoms with E-state index in [0.717, 1.165) is 43.5 Å². The van der Waals surface area contributed by atoms with Gasteiger partial charge in [0, 0.05) is 18.7 Å². The number of nitrogens with zero attached hydrogens (tertiary/aromatic N) is 1. The summed E-state index contributed by atoms with van der Waals surface area (Å²) in [6, 6.07) is 3.26. The van der Waals surface area contributed by atoms with Crippen LogP contribution in [0.15, 0.2) is 12.1 Å². The molecule has 136 valence electrons. The minimum atomic E-state index is -1.10. The van der Waals surface area contributed by atoms with Crippen molar-refractivity contribution < 1.29 is 24.2 Å². The fraction of sp³-hybridized carbons (Fsp3) is 0.500. The van der Waals surface area contributed by atoms with Crippen LogP contribution in [-0.2, 0) is 9.59 Å². The molecule has 1 aliphatic heterocycles. The Bertz CT molecular complexity index is 642. The molecule has 0 bridgehead atoms. The second-order valence-electron chi connectivity index (χ2n) is 6.25. The fourth-order valence-electron chi connectivity index (χ4n) is 2.94. The number of amides is 2. The van der Waals surface area contributed by atoms with E-state index in [9.17, 15) is 14.4 Å². The van der Waals surface area contributed by atoms with Gasteiger partial charge in [-0.3, -0.25) is 14.4 Å². The number of hydrogen-bond acceptors (Lipinski definition) is 4. The topological polar surface area (TPSA) is 95.9 Å². The van der Waals surface area contributed by atoms with Crippen LogP contribution in [0, 0.1) is 13.8 Å². The molecule has 2 amide bonds. The molecule has 0 radical (unpaired) electrons. The number of likely N-dealkylation sites (tertiary alicyclic amines) is 1. The van der Waals surface area contributed by atoms with E-state index < -0.39 is 18.4 Å². The average Bonchev–Trinajstić information content (AvgIpc) is 2.59. The normalized spacial score (nSPS) is 14.1. The number of rotatable bonds is 6. The van der Waals surface area contributed by atoms with Crippen LogP contribution >= 0.6 is 0 Å². The van der Waals surface area contributed by atoms with Crippen molar-refractivity contribution in [2.75, 3.05) is 26.2 Å². The Morgan fingerprint density at radius 3 is 2.28 bits per heavy atom. The molecule has 1 aliphatic rings. The lowest BCUT2D eigenvalue weighted by Crippen LogP contribution is -2.38. The highest BCUT2D eigenvalue weighted by atomic mass is 16.5. The number of hydrogen-bond donors (Lipinski definition) is 2. The summed E-state index contributed by atoms with van der Waals surface area (Å²) >= 11 is 0. The van der Waals surface area contributed by atoms with Gasteiger partial charge in [0.2, 0.25) is 0 Å². The third-order valence-electron chi connectivity index (χ3n) is 4.17. The van der Waals surface area contributed by atoms with Gasteiger partial charge in [-0.1, -0.05) is 0 Å². The van der Waals surface area contributed by atoms with Crippen LogP contribution < -0.4 is 10.1 Å². The highest BCUT2D eigenvalue weighted by Gasteiger charge is 2.18. The molecule has 2 N–H and O–H groups in total. The number of carbonyl (C=O) groups is 3. The van der Waals surface area contributed by atoms with E-state index in [-0.39, 0.29) is 12.5 Å². The number of carboxylic acids is 1. The van der Waals surface area contributed by atoms with Crippen LogP contribution in [0.5, 0.6) is 5.75 Å². The maximum atomic E-state index is 12.2. The molecule has 1 fully saturated rings. The Morgan fingerprint density at radius 1 is 1.12 bits per heavy atom. The van der Waals surface area contributed by atoms with E-state index >= 15 is 0 Å². The van der Waals surface area contributed by atoms with Gasteiger partial charge in [0.15, 0.2) is 6.61 Å². The van der Waals surface area contributed by atoms with E-state index in [0.29, 0.717) is 11.3 Å². The van der Waals surface area contributed by atoms with Crippen molar-refractivity contribution in [2.24, 2.45) is 0 Å². The Kier molecular flexibility index (Phi) is 6.38. The van der Waals surface area contributed by atoms with E-state index in [4.69, 9.17) is 9.84 Å². The van der Waals surface area contributed by atoms with Gasteiger partial charge in [-0.25, -0.2) is 0 Å². The molecule has 1 aromatic carbocycles. The number of aliphatic carboxylic acids is 1. The quantitative estimate of drug-likeness (QED) is 0.812. The molecule has 0 spiro atoms. The maximum absolute atomic E-state index is 12.2. The molecule has 7 nitrogen and oxygen atoms in total. The summed E-state index contributed by atoms with van der Waals surface area (Å²) in [6.07, 6.45) is 3.22. The third-order valence-corrected chi connectivity index (χ3v) is 4.17. The minimum absolute atomic E-state index is 0.0216. The van der Waals surface area contributed by atoms with Crippen LogP contribution in [0.25, 0.3) is 0 Å². The molecule has 1 saturated heterocycles. The highest BCUT2D eigenvalue weighted by Crippen LogP contribution is 2.25. The lowest BCUT2D eigenvalue weighted by Gasteiger charge is -2.26.